The first kappa shape index (κ1) is 30.7. The Morgan fingerprint density at radius 3 is 1.95 bits per heavy atom. The van der Waals surface area contributed by atoms with Crippen LogP contribution in [0.25, 0.3) is 0 Å². The predicted molar refractivity (Wildman–Crippen MR) is 164 cm³/mol. The fourth-order valence-corrected chi connectivity index (χ4v) is 10.2. The lowest BCUT2D eigenvalue weighted by molar-refractivity contribution is 0.188. The number of nitrogens with one attached hydrogen (secondary N) is 1. The number of piperidine rings is 2. The minimum Gasteiger partial charge on any atom is -0.395 e. The van der Waals surface area contributed by atoms with Crippen LogP contribution in [0, 0.1) is 0 Å². The van der Waals surface area contributed by atoms with Gasteiger partial charge in [0.1, 0.15) is 9.79 Å². The monoisotopic (exact) mass is 625 g/mol. The van der Waals surface area contributed by atoms with E-state index in [1.807, 2.05) is 11.4 Å². The van der Waals surface area contributed by atoms with Gasteiger partial charge in [0.05, 0.1) is 18.0 Å². The average molecular weight is 626 g/mol. The molecule has 3 saturated heterocycles. The third-order valence-electron chi connectivity index (χ3n) is 8.32. The molecular weight excluding hydrogens is 583 g/mol. The highest BCUT2D eigenvalue weighted by atomic mass is 32.2. The molecule has 0 saturated carbocycles. The number of β-amino-alcohol motifs (C(OH)–C–C–N with tert-alkyl or cyclic N) is 1. The van der Waals surface area contributed by atoms with Crippen LogP contribution in [-0.4, -0.2) is 108 Å². The second-order valence-electron chi connectivity index (χ2n) is 11.1. The van der Waals surface area contributed by atoms with Crippen LogP contribution in [0.1, 0.15) is 43.4 Å². The summed E-state index contributed by atoms with van der Waals surface area (Å²) in [5.74, 6) is 0. The van der Waals surface area contributed by atoms with Crippen LogP contribution in [-0.2, 0) is 26.5 Å². The van der Waals surface area contributed by atoms with Gasteiger partial charge in [-0.25, -0.2) is 16.8 Å². The maximum Gasteiger partial charge on any atom is 0.245 e. The topological polar surface area (TPSA) is 113 Å². The average Bonchev–Trinajstić information content (AvgIpc) is 3.52. The van der Waals surface area contributed by atoms with Gasteiger partial charge in [-0.15, -0.1) is 11.3 Å². The summed E-state index contributed by atoms with van der Waals surface area (Å²) in [5.41, 5.74) is 1.01. The quantitative estimate of drug-likeness (QED) is 0.392. The highest BCUT2D eigenvalue weighted by molar-refractivity contribution is 7.90. The lowest BCUT2D eigenvalue weighted by atomic mass is 10.2. The lowest BCUT2D eigenvalue weighted by Crippen LogP contribution is -2.48. The van der Waals surface area contributed by atoms with E-state index < -0.39 is 20.0 Å². The predicted octanol–water partition coefficient (Wildman–Crippen LogP) is 2.87. The van der Waals surface area contributed by atoms with E-state index >= 15 is 0 Å². The Morgan fingerprint density at radius 1 is 0.780 bits per heavy atom. The zero-order chi connectivity index (χ0) is 28.9. The van der Waals surface area contributed by atoms with Gasteiger partial charge < -0.3 is 15.3 Å². The number of aliphatic hydroxyl groups is 1. The highest BCUT2D eigenvalue weighted by Gasteiger charge is 2.36. The van der Waals surface area contributed by atoms with Gasteiger partial charge in [0.25, 0.3) is 0 Å². The number of piperazine rings is 1. The molecule has 0 bridgehead atoms. The Hall–Kier alpha value is -1.74. The first-order valence-electron chi connectivity index (χ1n) is 14.8. The van der Waals surface area contributed by atoms with Gasteiger partial charge in [0.2, 0.25) is 20.0 Å². The molecule has 5 rings (SSSR count). The second kappa shape index (κ2) is 13.7. The summed E-state index contributed by atoms with van der Waals surface area (Å²) in [7, 11) is -7.84. The maximum atomic E-state index is 14.2. The fraction of sp³-hybridized carbons (Fsp3) is 0.643. The molecule has 1 aromatic heterocycles. The molecular formula is C28H43N5O5S3. The van der Waals surface area contributed by atoms with Gasteiger partial charge in [-0.3, -0.25) is 4.90 Å². The van der Waals surface area contributed by atoms with Crippen molar-refractivity contribution in [2.75, 3.05) is 82.3 Å². The third-order valence-corrected chi connectivity index (χ3v) is 13.1. The molecule has 2 N–H and O–H groups in total. The van der Waals surface area contributed by atoms with Crippen LogP contribution < -0.4 is 10.2 Å². The van der Waals surface area contributed by atoms with Gasteiger partial charge >= 0.3 is 0 Å². The molecule has 3 fully saturated rings. The molecule has 228 valence electrons. The molecule has 3 aliphatic heterocycles. The Kier molecular flexibility index (Phi) is 10.3. The van der Waals surface area contributed by atoms with Crippen LogP contribution in [0.5, 0.6) is 0 Å². The van der Waals surface area contributed by atoms with E-state index in [4.69, 9.17) is 0 Å². The first-order valence-corrected chi connectivity index (χ1v) is 18.6. The van der Waals surface area contributed by atoms with Crippen LogP contribution >= 0.6 is 11.3 Å². The molecule has 0 radical (unpaired) electrons. The molecule has 0 atom stereocenters. The fourth-order valence-electron chi connectivity index (χ4n) is 5.97. The number of benzene rings is 1. The lowest BCUT2D eigenvalue weighted by Gasteiger charge is -2.38. The third kappa shape index (κ3) is 7.09. The van der Waals surface area contributed by atoms with E-state index in [9.17, 15) is 21.9 Å². The number of aliphatic hydroxyl groups excluding tert-OH is 1. The number of hydrogen-bond donors (Lipinski definition) is 2. The number of rotatable bonds is 11. The molecule has 3 aliphatic rings. The molecule has 0 aliphatic carbocycles. The summed E-state index contributed by atoms with van der Waals surface area (Å²) < 4.78 is 59.6. The first-order chi connectivity index (χ1) is 19.8. The van der Waals surface area contributed by atoms with E-state index in [-0.39, 0.29) is 16.4 Å². The van der Waals surface area contributed by atoms with Crippen LogP contribution in [0.15, 0.2) is 39.4 Å². The summed E-state index contributed by atoms with van der Waals surface area (Å²) in [6.07, 6.45) is 5.93. The Morgan fingerprint density at radius 2 is 1.39 bits per heavy atom. The van der Waals surface area contributed by atoms with Gasteiger partial charge in [0, 0.05) is 70.3 Å². The number of hydrogen-bond acceptors (Lipinski definition) is 9. The van der Waals surface area contributed by atoms with Crippen molar-refractivity contribution >= 4 is 42.8 Å². The van der Waals surface area contributed by atoms with Crippen molar-refractivity contribution in [3.05, 3.63) is 34.5 Å². The molecule has 0 unspecified atom stereocenters. The van der Waals surface area contributed by atoms with Gasteiger partial charge in [0.15, 0.2) is 0 Å². The van der Waals surface area contributed by atoms with E-state index in [0.717, 1.165) is 44.9 Å². The minimum absolute atomic E-state index is 0.0452. The van der Waals surface area contributed by atoms with E-state index in [0.29, 0.717) is 76.8 Å². The minimum atomic E-state index is -3.92. The Bertz CT molecular complexity index is 1350. The Balaban J connectivity index is 1.58. The largest absolute Gasteiger partial charge is 0.395 e. The summed E-state index contributed by atoms with van der Waals surface area (Å²) in [6.45, 7) is 5.54. The van der Waals surface area contributed by atoms with E-state index in [1.54, 1.807) is 17.4 Å². The molecule has 1 aromatic carbocycles. The molecule has 0 amide bonds. The zero-order valence-electron chi connectivity index (χ0n) is 23.7. The SMILES string of the molecule is O=S(=O)(c1cc(S(=O)(=O)N2CCCCC2)c(N2CCN(CCO)CC2)cc1NCCc1cccs1)N1CCCCC1. The molecule has 2 aromatic rings. The van der Waals surface area contributed by atoms with Crippen LogP contribution in [0.3, 0.4) is 0 Å². The number of anilines is 2. The van der Waals surface area contributed by atoms with Gasteiger partial charge in [-0.05, 0) is 55.7 Å². The number of thiophene rings is 1. The smallest absolute Gasteiger partial charge is 0.245 e. The molecule has 13 heteroatoms. The van der Waals surface area contributed by atoms with Crippen molar-refractivity contribution in [3.8, 4) is 0 Å². The number of sulfonamides is 2. The molecule has 10 nitrogen and oxygen atoms in total. The van der Waals surface area contributed by atoms with Gasteiger partial charge in [-0.2, -0.15) is 8.61 Å². The standard InChI is InChI=1S/C28H43N5O5S3/c34-20-19-30-15-17-31(18-16-30)26-22-25(29-10-9-24-8-7-21-39-24)27(40(35,36)32-11-3-1-4-12-32)23-28(26)41(37,38)33-13-5-2-6-14-33/h7-8,21-23,29,34H,1-6,9-20H2. The Labute approximate surface area is 249 Å². The summed E-state index contributed by atoms with van der Waals surface area (Å²) >= 11 is 1.66. The maximum absolute atomic E-state index is 14.2. The van der Waals surface area contributed by atoms with E-state index in [2.05, 4.69) is 21.2 Å². The van der Waals surface area contributed by atoms with Crippen LogP contribution in [0.4, 0.5) is 11.4 Å². The van der Waals surface area contributed by atoms with Crippen LogP contribution in [0.2, 0.25) is 0 Å². The normalized spacial score (nSPS) is 20.4. The molecule has 0 spiro atoms. The summed E-state index contributed by atoms with van der Waals surface area (Å²) in [4.78, 5) is 5.54. The second-order valence-corrected chi connectivity index (χ2v) is 15.9. The van der Waals surface area contributed by atoms with E-state index in [1.165, 1.54) is 19.6 Å². The van der Waals surface area contributed by atoms with Crippen molar-refractivity contribution < 1.29 is 21.9 Å². The van der Waals surface area contributed by atoms with Crippen molar-refractivity contribution in [2.24, 2.45) is 0 Å². The summed E-state index contributed by atoms with van der Waals surface area (Å²) in [5, 5.41) is 14.8. The van der Waals surface area contributed by atoms with Crippen molar-refractivity contribution in [3.63, 3.8) is 0 Å². The highest BCUT2D eigenvalue weighted by Crippen LogP contribution is 2.38. The molecule has 4 heterocycles. The zero-order valence-corrected chi connectivity index (χ0v) is 26.2. The molecule has 41 heavy (non-hydrogen) atoms. The van der Waals surface area contributed by atoms with Crippen molar-refractivity contribution in [2.45, 2.75) is 54.7 Å². The number of nitrogens with zero attached hydrogens (tertiary/aromatic N) is 4. The summed E-state index contributed by atoms with van der Waals surface area (Å²) in [6, 6.07) is 7.27. The van der Waals surface area contributed by atoms with Gasteiger partial charge in [-0.1, -0.05) is 18.9 Å². The van der Waals surface area contributed by atoms with Crippen molar-refractivity contribution in [1.82, 2.24) is 13.5 Å². The van der Waals surface area contributed by atoms with Crippen molar-refractivity contribution in [1.29, 1.82) is 0 Å².